The molecule has 1 aliphatic carbocycles. The molecule has 1 aliphatic rings. The Hall–Kier alpha value is -0.320. The predicted molar refractivity (Wildman–Crippen MR) is 88.6 cm³/mol. The number of hydrogen-bond donors (Lipinski definition) is 0. The minimum Gasteiger partial charge on any atom is -0.457 e. The van der Waals surface area contributed by atoms with Gasteiger partial charge in [0, 0.05) is 10.4 Å². The standard InChI is InChI=1S/C15H11Br3O/c16-11-3-7-13(8-4-11)19-12-5-1-10(2-6-12)14-9-15(14,17)18/h1-8,14H,9H2. The lowest BCUT2D eigenvalue weighted by atomic mass is 10.1. The van der Waals surface area contributed by atoms with Crippen LogP contribution in [0.15, 0.2) is 53.0 Å². The zero-order chi connectivity index (χ0) is 13.5. The quantitative estimate of drug-likeness (QED) is 0.509. The zero-order valence-electron chi connectivity index (χ0n) is 9.95. The molecule has 0 N–H and O–H groups in total. The average Bonchev–Trinajstić information content (AvgIpc) is 3.02. The van der Waals surface area contributed by atoms with Gasteiger partial charge in [-0.3, -0.25) is 0 Å². The van der Waals surface area contributed by atoms with Crippen LogP contribution in [-0.2, 0) is 0 Å². The van der Waals surface area contributed by atoms with Crippen molar-refractivity contribution in [3.05, 3.63) is 58.6 Å². The Morgan fingerprint density at radius 3 is 1.84 bits per heavy atom. The van der Waals surface area contributed by atoms with Gasteiger partial charge >= 0.3 is 0 Å². The summed E-state index contributed by atoms with van der Waals surface area (Å²) < 4.78 is 6.95. The van der Waals surface area contributed by atoms with Gasteiger partial charge in [-0.15, -0.1) is 0 Å². The highest BCUT2D eigenvalue weighted by Gasteiger charge is 2.50. The molecule has 1 fully saturated rings. The minimum atomic E-state index is 0.105. The molecule has 19 heavy (non-hydrogen) atoms. The Labute approximate surface area is 137 Å². The van der Waals surface area contributed by atoms with Crippen LogP contribution in [0, 0.1) is 0 Å². The molecule has 0 radical (unpaired) electrons. The molecule has 1 unspecified atom stereocenters. The summed E-state index contributed by atoms with van der Waals surface area (Å²) in [6.07, 6.45) is 1.12. The van der Waals surface area contributed by atoms with Crippen molar-refractivity contribution in [3.63, 3.8) is 0 Å². The van der Waals surface area contributed by atoms with E-state index in [1.54, 1.807) is 0 Å². The van der Waals surface area contributed by atoms with E-state index in [0.717, 1.165) is 22.4 Å². The van der Waals surface area contributed by atoms with Crippen molar-refractivity contribution in [2.45, 2.75) is 15.6 Å². The molecule has 1 saturated carbocycles. The van der Waals surface area contributed by atoms with Gasteiger partial charge < -0.3 is 4.74 Å². The average molecular weight is 447 g/mol. The Bertz CT molecular complexity index is 575. The molecule has 0 aromatic heterocycles. The van der Waals surface area contributed by atoms with E-state index in [-0.39, 0.29) is 3.23 Å². The molecular formula is C15H11Br3O. The van der Waals surface area contributed by atoms with Crippen LogP contribution < -0.4 is 4.74 Å². The normalized spacial score (nSPS) is 20.1. The molecule has 3 rings (SSSR count). The summed E-state index contributed by atoms with van der Waals surface area (Å²) in [6, 6.07) is 16.1. The number of benzene rings is 2. The van der Waals surface area contributed by atoms with Gasteiger partial charge in [0.05, 0.1) is 3.23 Å². The van der Waals surface area contributed by atoms with E-state index in [1.165, 1.54) is 5.56 Å². The first-order valence-corrected chi connectivity index (χ1v) is 8.34. The van der Waals surface area contributed by atoms with E-state index in [4.69, 9.17) is 4.74 Å². The molecule has 1 nitrogen and oxygen atoms in total. The SMILES string of the molecule is Brc1ccc(Oc2ccc(C3CC3(Br)Br)cc2)cc1. The lowest BCUT2D eigenvalue weighted by Crippen LogP contribution is -1.89. The monoisotopic (exact) mass is 444 g/mol. The van der Waals surface area contributed by atoms with E-state index in [9.17, 15) is 0 Å². The maximum absolute atomic E-state index is 5.80. The third kappa shape index (κ3) is 3.23. The van der Waals surface area contributed by atoms with Gasteiger partial charge in [0.1, 0.15) is 11.5 Å². The largest absolute Gasteiger partial charge is 0.457 e. The summed E-state index contributed by atoms with van der Waals surface area (Å²) in [7, 11) is 0. The predicted octanol–water partition coefficient (Wildman–Crippen LogP) is 6.21. The first kappa shape index (κ1) is 13.7. The fourth-order valence-electron chi connectivity index (χ4n) is 1.98. The topological polar surface area (TPSA) is 9.23 Å². The number of ether oxygens (including phenoxy) is 1. The van der Waals surface area contributed by atoms with Crippen molar-refractivity contribution >= 4 is 47.8 Å². The highest BCUT2D eigenvalue weighted by atomic mass is 79.9. The summed E-state index contributed by atoms with van der Waals surface area (Å²) in [5.41, 5.74) is 1.33. The number of rotatable bonds is 3. The molecule has 0 heterocycles. The van der Waals surface area contributed by atoms with Gasteiger partial charge in [-0.1, -0.05) is 59.9 Å². The van der Waals surface area contributed by atoms with Crippen molar-refractivity contribution < 1.29 is 4.74 Å². The molecule has 0 spiro atoms. The molecule has 0 aliphatic heterocycles. The molecule has 1 atom stereocenters. The van der Waals surface area contributed by atoms with Crippen molar-refractivity contribution in [1.29, 1.82) is 0 Å². The third-order valence-corrected chi connectivity index (χ3v) is 5.44. The number of alkyl halides is 2. The molecule has 4 heteroatoms. The zero-order valence-corrected chi connectivity index (χ0v) is 14.7. The summed E-state index contributed by atoms with van der Waals surface area (Å²) in [4.78, 5) is 0. The van der Waals surface area contributed by atoms with E-state index in [1.807, 2.05) is 36.4 Å². The fraction of sp³-hybridized carbons (Fsp3) is 0.200. The maximum atomic E-state index is 5.80. The van der Waals surface area contributed by atoms with Crippen LogP contribution in [0.4, 0.5) is 0 Å². The van der Waals surface area contributed by atoms with Gasteiger partial charge in [-0.05, 0) is 48.4 Å². The Morgan fingerprint density at radius 2 is 1.37 bits per heavy atom. The smallest absolute Gasteiger partial charge is 0.127 e. The lowest BCUT2D eigenvalue weighted by molar-refractivity contribution is 0.482. The summed E-state index contributed by atoms with van der Waals surface area (Å²) in [6.45, 7) is 0. The summed E-state index contributed by atoms with van der Waals surface area (Å²) in [5.74, 6) is 2.26. The second-order valence-corrected chi connectivity index (χ2v) is 9.45. The molecule has 98 valence electrons. The minimum absolute atomic E-state index is 0.105. The van der Waals surface area contributed by atoms with Crippen molar-refractivity contribution in [2.75, 3.05) is 0 Å². The van der Waals surface area contributed by atoms with Gasteiger partial charge in [0.2, 0.25) is 0 Å². The van der Waals surface area contributed by atoms with Crippen LogP contribution in [0.25, 0.3) is 0 Å². The molecule has 2 aromatic carbocycles. The summed E-state index contributed by atoms with van der Waals surface area (Å²) >= 11 is 10.7. The van der Waals surface area contributed by atoms with Gasteiger partial charge in [-0.25, -0.2) is 0 Å². The van der Waals surface area contributed by atoms with Crippen molar-refractivity contribution in [1.82, 2.24) is 0 Å². The van der Waals surface area contributed by atoms with Crippen LogP contribution in [0.1, 0.15) is 17.9 Å². The fourth-order valence-corrected chi connectivity index (χ4v) is 3.42. The van der Waals surface area contributed by atoms with Crippen LogP contribution in [0.5, 0.6) is 11.5 Å². The molecule has 0 amide bonds. The molecule has 2 aromatic rings. The Kier molecular flexibility index (Phi) is 3.76. The number of hydrogen-bond acceptors (Lipinski definition) is 1. The van der Waals surface area contributed by atoms with E-state index >= 15 is 0 Å². The van der Waals surface area contributed by atoms with Gasteiger partial charge in [-0.2, -0.15) is 0 Å². The first-order chi connectivity index (χ1) is 9.04. The molecular weight excluding hydrogens is 436 g/mol. The number of halogens is 3. The van der Waals surface area contributed by atoms with Crippen LogP contribution in [0.2, 0.25) is 0 Å². The van der Waals surface area contributed by atoms with Crippen molar-refractivity contribution in [3.8, 4) is 11.5 Å². The van der Waals surface area contributed by atoms with Crippen molar-refractivity contribution in [2.24, 2.45) is 0 Å². The van der Waals surface area contributed by atoms with E-state index in [2.05, 4.69) is 59.9 Å². The maximum Gasteiger partial charge on any atom is 0.127 e. The van der Waals surface area contributed by atoms with Crippen LogP contribution in [0.3, 0.4) is 0 Å². The van der Waals surface area contributed by atoms with Crippen LogP contribution >= 0.6 is 47.8 Å². The second-order valence-electron chi connectivity index (χ2n) is 4.64. The highest BCUT2D eigenvalue weighted by molar-refractivity contribution is 9.25. The highest BCUT2D eigenvalue weighted by Crippen LogP contribution is 2.62. The summed E-state index contributed by atoms with van der Waals surface area (Å²) in [5, 5.41) is 0. The Balaban J connectivity index is 1.71. The Morgan fingerprint density at radius 1 is 0.895 bits per heavy atom. The van der Waals surface area contributed by atoms with E-state index in [0.29, 0.717) is 5.92 Å². The third-order valence-electron chi connectivity index (χ3n) is 3.16. The first-order valence-electron chi connectivity index (χ1n) is 5.96. The lowest BCUT2D eigenvalue weighted by Gasteiger charge is -2.07. The van der Waals surface area contributed by atoms with E-state index < -0.39 is 0 Å². The molecule has 0 bridgehead atoms. The second kappa shape index (κ2) is 5.23. The molecule has 0 saturated heterocycles. The van der Waals surface area contributed by atoms with Crippen LogP contribution in [-0.4, -0.2) is 3.23 Å². The van der Waals surface area contributed by atoms with Gasteiger partial charge in [0.25, 0.3) is 0 Å². The van der Waals surface area contributed by atoms with Gasteiger partial charge in [0.15, 0.2) is 0 Å².